The number of phenolic OH excluding ortho intramolecular Hbond substituents is 1. The van der Waals surface area contributed by atoms with Crippen LogP contribution in [-0.2, 0) is 9.59 Å². The van der Waals surface area contributed by atoms with Gasteiger partial charge in [-0.2, -0.15) is 0 Å². The molecule has 17 heavy (non-hydrogen) atoms. The second-order valence-electron chi connectivity index (χ2n) is 3.63. The zero-order valence-electron chi connectivity index (χ0n) is 8.62. The second kappa shape index (κ2) is 3.85. The summed E-state index contributed by atoms with van der Waals surface area (Å²) < 4.78 is 0. The third-order valence-electron chi connectivity index (χ3n) is 2.43. The Balaban J connectivity index is 2.48. The van der Waals surface area contributed by atoms with E-state index in [0.29, 0.717) is 0 Å². The number of benzene rings is 1. The highest BCUT2D eigenvalue weighted by Crippen LogP contribution is 2.33. The molecule has 1 aliphatic heterocycles. The van der Waals surface area contributed by atoms with Crippen molar-refractivity contribution in [3.05, 3.63) is 28.3 Å². The van der Waals surface area contributed by atoms with Gasteiger partial charge in [0, 0.05) is 0 Å². The number of nitro benzene ring substituents is 1. The van der Waals surface area contributed by atoms with Crippen molar-refractivity contribution in [2.24, 2.45) is 0 Å². The summed E-state index contributed by atoms with van der Waals surface area (Å²) in [5.41, 5.74) is -0.364. The third kappa shape index (κ3) is 1.94. The minimum Gasteiger partial charge on any atom is -0.508 e. The van der Waals surface area contributed by atoms with E-state index in [1.165, 1.54) is 12.1 Å². The molecule has 0 radical (unpaired) electrons. The molecule has 0 bridgehead atoms. The zero-order valence-corrected chi connectivity index (χ0v) is 8.62. The first-order chi connectivity index (χ1) is 7.99. The fourth-order valence-corrected chi connectivity index (χ4v) is 1.69. The largest absolute Gasteiger partial charge is 0.508 e. The number of carbonyl (C=O) groups excluding carboxylic acids is 2. The van der Waals surface area contributed by atoms with Crippen molar-refractivity contribution in [3.8, 4) is 5.75 Å². The molecule has 0 aliphatic carbocycles. The van der Waals surface area contributed by atoms with Crippen molar-refractivity contribution in [2.75, 3.05) is 11.4 Å². The third-order valence-corrected chi connectivity index (χ3v) is 2.43. The maximum Gasteiger partial charge on any atom is 0.296 e. The van der Waals surface area contributed by atoms with Gasteiger partial charge in [0.25, 0.3) is 5.69 Å². The van der Waals surface area contributed by atoms with Gasteiger partial charge in [0.2, 0.25) is 5.91 Å². The maximum atomic E-state index is 11.5. The number of hydrogen-bond acceptors (Lipinski definition) is 5. The maximum absolute atomic E-state index is 11.5. The fraction of sp³-hybridized carbons (Fsp3) is 0.200. The summed E-state index contributed by atoms with van der Waals surface area (Å²) in [6.07, 6.45) is -0.238. The molecule has 1 aromatic rings. The van der Waals surface area contributed by atoms with Gasteiger partial charge in [-0.15, -0.1) is 0 Å². The number of hydrogen-bond donors (Lipinski definition) is 1. The lowest BCUT2D eigenvalue weighted by Crippen LogP contribution is -2.25. The number of phenols is 1. The van der Waals surface area contributed by atoms with Crippen molar-refractivity contribution in [1.29, 1.82) is 0 Å². The normalized spacial score (nSPS) is 15.4. The predicted octanol–water partition coefficient (Wildman–Crippen LogP) is 0.606. The van der Waals surface area contributed by atoms with Gasteiger partial charge in [-0.25, -0.2) is 0 Å². The molecule has 1 aromatic carbocycles. The van der Waals surface area contributed by atoms with Gasteiger partial charge in [-0.3, -0.25) is 24.6 Å². The Kier molecular flexibility index (Phi) is 2.51. The van der Waals surface area contributed by atoms with Crippen LogP contribution >= 0.6 is 0 Å². The number of aromatic hydroxyl groups is 1. The average molecular weight is 236 g/mol. The minimum absolute atomic E-state index is 0.0312. The quantitative estimate of drug-likeness (QED) is 0.460. The van der Waals surface area contributed by atoms with Gasteiger partial charge in [0.05, 0.1) is 24.0 Å². The Hall–Kier alpha value is -2.44. The molecule has 2 rings (SSSR count). The summed E-state index contributed by atoms with van der Waals surface area (Å²) in [5.74, 6) is -1.01. The molecule has 0 atom stereocenters. The standard InChI is InChI=1S/C10H8N2O5/c13-6-1-2-8(9(3-6)12(16)17)11-5-7(14)4-10(11)15/h1-3,13H,4-5H2. The van der Waals surface area contributed by atoms with E-state index in [2.05, 4.69) is 0 Å². The van der Waals surface area contributed by atoms with E-state index < -0.39 is 16.5 Å². The summed E-state index contributed by atoms with van der Waals surface area (Å²) in [5, 5.41) is 20.0. The van der Waals surface area contributed by atoms with Crippen LogP contribution < -0.4 is 4.90 Å². The van der Waals surface area contributed by atoms with Gasteiger partial charge in [0.1, 0.15) is 11.4 Å². The number of nitro groups is 1. The molecule has 1 N–H and O–H groups in total. The molecule has 1 amide bonds. The zero-order chi connectivity index (χ0) is 12.6. The number of Topliss-reactive ketones (excluding diaryl/α,β-unsaturated/α-hetero) is 1. The van der Waals surface area contributed by atoms with Gasteiger partial charge >= 0.3 is 0 Å². The van der Waals surface area contributed by atoms with Crippen LogP contribution in [0.5, 0.6) is 5.75 Å². The van der Waals surface area contributed by atoms with E-state index in [9.17, 15) is 24.8 Å². The molecule has 1 heterocycles. The molecule has 7 heteroatoms. The minimum atomic E-state index is -0.703. The number of anilines is 1. The molecule has 1 saturated heterocycles. The van der Waals surface area contributed by atoms with E-state index in [-0.39, 0.29) is 30.2 Å². The number of carbonyl (C=O) groups is 2. The Labute approximate surface area is 95.4 Å². The van der Waals surface area contributed by atoms with Crippen LogP contribution in [0, 0.1) is 10.1 Å². The lowest BCUT2D eigenvalue weighted by molar-refractivity contribution is -0.384. The van der Waals surface area contributed by atoms with Gasteiger partial charge in [-0.1, -0.05) is 0 Å². The second-order valence-corrected chi connectivity index (χ2v) is 3.63. The SMILES string of the molecule is O=C1CC(=O)N(c2ccc(O)cc2[N+](=O)[O-])C1. The van der Waals surface area contributed by atoms with E-state index >= 15 is 0 Å². The van der Waals surface area contributed by atoms with Crippen LogP contribution in [0.25, 0.3) is 0 Å². The summed E-state index contributed by atoms with van der Waals surface area (Å²) >= 11 is 0. The highest BCUT2D eigenvalue weighted by atomic mass is 16.6. The molecule has 7 nitrogen and oxygen atoms in total. The Morgan fingerprint density at radius 1 is 1.35 bits per heavy atom. The topological polar surface area (TPSA) is 101 Å². The molecule has 0 saturated carbocycles. The van der Waals surface area contributed by atoms with Crippen molar-refractivity contribution >= 4 is 23.1 Å². The van der Waals surface area contributed by atoms with Crippen molar-refractivity contribution < 1.29 is 19.6 Å². The number of amides is 1. The monoisotopic (exact) mass is 236 g/mol. The Morgan fingerprint density at radius 3 is 2.59 bits per heavy atom. The number of ketones is 1. The van der Waals surface area contributed by atoms with Crippen LogP contribution in [0.1, 0.15) is 6.42 Å². The van der Waals surface area contributed by atoms with Crippen molar-refractivity contribution in [3.63, 3.8) is 0 Å². The van der Waals surface area contributed by atoms with Crippen molar-refractivity contribution in [1.82, 2.24) is 0 Å². The van der Waals surface area contributed by atoms with Crippen LogP contribution in [0.2, 0.25) is 0 Å². The number of rotatable bonds is 2. The van der Waals surface area contributed by atoms with Gasteiger partial charge in [-0.05, 0) is 12.1 Å². The average Bonchev–Trinajstić information content (AvgIpc) is 2.57. The van der Waals surface area contributed by atoms with Gasteiger partial charge in [0.15, 0.2) is 5.78 Å². The van der Waals surface area contributed by atoms with Crippen molar-refractivity contribution in [2.45, 2.75) is 6.42 Å². The van der Waals surface area contributed by atoms with E-state index in [4.69, 9.17) is 0 Å². The fourth-order valence-electron chi connectivity index (χ4n) is 1.69. The molecule has 0 aromatic heterocycles. The Bertz CT molecular complexity index is 525. The van der Waals surface area contributed by atoms with Gasteiger partial charge < -0.3 is 5.11 Å². The first-order valence-corrected chi connectivity index (χ1v) is 4.78. The highest BCUT2D eigenvalue weighted by Gasteiger charge is 2.32. The molecular formula is C10H8N2O5. The first kappa shape index (κ1) is 11.1. The molecule has 88 valence electrons. The lowest BCUT2D eigenvalue weighted by atomic mass is 10.2. The number of nitrogens with zero attached hydrogens (tertiary/aromatic N) is 2. The summed E-state index contributed by atoms with van der Waals surface area (Å²) in [7, 11) is 0. The summed E-state index contributed by atoms with van der Waals surface area (Å²) in [4.78, 5) is 33.7. The summed E-state index contributed by atoms with van der Waals surface area (Å²) in [6, 6.07) is 3.44. The smallest absolute Gasteiger partial charge is 0.296 e. The molecule has 1 fully saturated rings. The van der Waals surface area contributed by atoms with E-state index in [0.717, 1.165) is 11.0 Å². The molecule has 1 aliphatic rings. The Morgan fingerprint density at radius 2 is 2.06 bits per heavy atom. The van der Waals surface area contributed by atoms with E-state index in [1.807, 2.05) is 0 Å². The first-order valence-electron chi connectivity index (χ1n) is 4.78. The lowest BCUT2D eigenvalue weighted by Gasteiger charge is -2.14. The summed E-state index contributed by atoms with van der Waals surface area (Å²) in [6.45, 7) is -0.162. The van der Waals surface area contributed by atoms with Crippen LogP contribution in [-0.4, -0.2) is 28.3 Å². The van der Waals surface area contributed by atoms with Crippen LogP contribution in [0.15, 0.2) is 18.2 Å². The predicted molar refractivity (Wildman–Crippen MR) is 56.7 cm³/mol. The molecule has 0 spiro atoms. The van der Waals surface area contributed by atoms with Crippen LogP contribution in [0.3, 0.4) is 0 Å². The van der Waals surface area contributed by atoms with Crippen LogP contribution in [0.4, 0.5) is 11.4 Å². The highest BCUT2D eigenvalue weighted by molar-refractivity contribution is 6.15. The molecular weight excluding hydrogens is 228 g/mol. The molecule has 0 unspecified atom stereocenters. The van der Waals surface area contributed by atoms with E-state index in [1.54, 1.807) is 0 Å².